The fourth-order valence-corrected chi connectivity index (χ4v) is 2.91. The van der Waals surface area contributed by atoms with Gasteiger partial charge < -0.3 is 5.32 Å². The Morgan fingerprint density at radius 1 is 1.08 bits per heavy atom. The number of anilines is 1. The van der Waals surface area contributed by atoms with Gasteiger partial charge in [-0.25, -0.2) is 0 Å². The molecule has 0 spiro atoms. The van der Waals surface area contributed by atoms with E-state index in [0.29, 0.717) is 5.56 Å². The van der Waals surface area contributed by atoms with Crippen LogP contribution < -0.4 is 5.32 Å². The lowest BCUT2D eigenvalue weighted by atomic mass is 10.0. The summed E-state index contributed by atoms with van der Waals surface area (Å²) in [5, 5.41) is 13.9. The summed E-state index contributed by atoms with van der Waals surface area (Å²) in [4.78, 5) is 8.78. The van der Waals surface area contributed by atoms with E-state index in [1.54, 1.807) is 6.20 Å². The molecule has 0 fully saturated rings. The Labute approximate surface area is 142 Å². The van der Waals surface area contributed by atoms with Crippen LogP contribution in [0.25, 0.3) is 10.9 Å². The molecule has 0 atom stereocenters. The molecule has 24 heavy (non-hydrogen) atoms. The van der Waals surface area contributed by atoms with Crippen molar-refractivity contribution in [1.29, 1.82) is 5.26 Å². The van der Waals surface area contributed by atoms with Crippen molar-refractivity contribution in [3.8, 4) is 6.07 Å². The van der Waals surface area contributed by atoms with Crippen LogP contribution in [-0.2, 0) is 6.42 Å². The van der Waals surface area contributed by atoms with Gasteiger partial charge in [-0.15, -0.1) is 0 Å². The Morgan fingerprint density at radius 3 is 2.62 bits per heavy atom. The zero-order chi connectivity index (χ0) is 17.1. The summed E-state index contributed by atoms with van der Waals surface area (Å²) < 4.78 is 0. The van der Waals surface area contributed by atoms with Gasteiger partial charge in [0.2, 0.25) is 0 Å². The Kier molecular flexibility index (Phi) is 4.43. The van der Waals surface area contributed by atoms with Gasteiger partial charge in [0, 0.05) is 30.0 Å². The minimum absolute atomic E-state index is 0.578. The van der Waals surface area contributed by atoms with Crippen LogP contribution in [0.4, 0.5) is 5.69 Å². The SMILES string of the molecule is Cc1cc(C)c2ncc(C#N)c(NCCc3ccc(C)nc3)c2c1. The third-order valence-electron chi connectivity index (χ3n) is 4.11. The monoisotopic (exact) mass is 316 g/mol. The highest BCUT2D eigenvalue weighted by Gasteiger charge is 2.10. The number of rotatable bonds is 4. The summed E-state index contributed by atoms with van der Waals surface area (Å²) in [7, 11) is 0. The molecule has 0 bridgehead atoms. The maximum Gasteiger partial charge on any atom is 0.103 e. The lowest BCUT2D eigenvalue weighted by Gasteiger charge is -2.13. The van der Waals surface area contributed by atoms with E-state index in [-0.39, 0.29) is 0 Å². The van der Waals surface area contributed by atoms with Gasteiger partial charge in [0.25, 0.3) is 0 Å². The van der Waals surface area contributed by atoms with E-state index >= 15 is 0 Å². The van der Waals surface area contributed by atoms with Gasteiger partial charge in [-0.2, -0.15) is 5.26 Å². The van der Waals surface area contributed by atoms with E-state index in [9.17, 15) is 5.26 Å². The molecular formula is C20H20N4. The van der Waals surface area contributed by atoms with Gasteiger partial charge in [-0.05, 0) is 50.5 Å². The second kappa shape index (κ2) is 6.67. The number of nitrogens with zero attached hydrogens (tertiary/aromatic N) is 3. The second-order valence-electron chi connectivity index (χ2n) is 6.12. The van der Waals surface area contributed by atoms with E-state index in [1.807, 2.05) is 19.2 Å². The average Bonchev–Trinajstić information content (AvgIpc) is 2.56. The Bertz CT molecular complexity index is 921. The zero-order valence-electron chi connectivity index (χ0n) is 14.2. The van der Waals surface area contributed by atoms with Crippen molar-refractivity contribution in [2.24, 2.45) is 0 Å². The highest BCUT2D eigenvalue weighted by Crippen LogP contribution is 2.28. The predicted octanol–water partition coefficient (Wildman–Crippen LogP) is 4.08. The summed E-state index contributed by atoms with van der Waals surface area (Å²) in [6, 6.07) is 10.6. The number of hydrogen-bond acceptors (Lipinski definition) is 4. The summed E-state index contributed by atoms with van der Waals surface area (Å²) in [5.74, 6) is 0. The van der Waals surface area contributed by atoms with Gasteiger partial charge in [0.1, 0.15) is 6.07 Å². The van der Waals surface area contributed by atoms with E-state index < -0.39 is 0 Å². The highest BCUT2D eigenvalue weighted by molar-refractivity contribution is 5.96. The first kappa shape index (κ1) is 15.9. The first-order valence-electron chi connectivity index (χ1n) is 8.04. The summed E-state index contributed by atoms with van der Waals surface area (Å²) >= 11 is 0. The Morgan fingerprint density at radius 2 is 1.92 bits per heavy atom. The molecule has 3 rings (SSSR count). The predicted molar refractivity (Wildman–Crippen MR) is 97.1 cm³/mol. The topological polar surface area (TPSA) is 61.6 Å². The van der Waals surface area contributed by atoms with Gasteiger partial charge >= 0.3 is 0 Å². The van der Waals surface area contributed by atoms with Crippen LogP contribution in [0.5, 0.6) is 0 Å². The van der Waals surface area contributed by atoms with Crippen molar-refractivity contribution in [2.45, 2.75) is 27.2 Å². The lowest BCUT2D eigenvalue weighted by Crippen LogP contribution is -2.08. The molecule has 2 aromatic heterocycles. The van der Waals surface area contributed by atoms with Gasteiger partial charge in [0.15, 0.2) is 0 Å². The fraction of sp³-hybridized carbons (Fsp3) is 0.250. The van der Waals surface area contributed by atoms with Crippen LogP contribution in [0.2, 0.25) is 0 Å². The number of pyridine rings is 2. The van der Waals surface area contributed by atoms with Crippen molar-refractivity contribution in [2.75, 3.05) is 11.9 Å². The Balaban J connectivity index is 1.90. The number of hydrogen-bond donors (Lipinski definition) is 1. The molecule has 0 aliphatic carbocycles. The average molecular weight is 316 g/mol. The lowest BCUT2D eigenvalue weighted by molar-refractivity contribution is 0.997. The molecule has 1 N–H and O–H groups in total. The van der Waals surface area contributed by atoms with Crippen LogP contribution in [0.15, 0.2) is 36.7 Å². The number of aryl methyl sites for hydroxylation is 3. The second-order valence-corrected chi connectivity index (χ2v) is 6.12. The van der Waals surface area contributed by atoms with Gasteiger partial charge in [-0.3, -0.25) is 9.97 Å². The summed E-state index contributed by atoms with van der Waals surface area (Å²) in [5.41, 5.74) is 6.88. The molecule has 0 saturated heterocycles. The van der Waals surface area contributed by atoms with Crippen LogP contribution >= 0.6 is 0 Å². The minimum atomic E-state index is 0.578. The molecule has 4 heteroatoms. The van der Waals surface area contributed by atoms with E-state index in [4.69, 9.17) is 0 Å². The molecule has 2 heterocycles. The molecule has 0 aliphatic heterocycles. The first-order chi connectivity index (χ1) is 11.6. The van der Waals surface area contributed by atoms with Crippen LogP contribution in [0.1, 0.15) is 27.9 Å². The third kappa shape index (κ3) is 3.21. The zero-order valence-corrected chi connectivity index (χ0v) is 14.2. The number of nitrogens with one attached hydrogen (secondary N) is 1. The largest absolute Gasteiger partial charge is 0.383 e. The summed E-state index contributed by atoms with van der Waals surface area (Å²) in [6.45, 7) is 6.84. The third-order valence-corrected chi connectivity index (χ3v) is 4.11. The van der Waals surface area contributed by atoms with Crippen molar-refractivity contribution in [3.05, 3.63) is 64.6 Å². The van der Waals surface area contributed by atoms with Crippen molar-refractivity contribution in [1.82, 2.24) is 9.97 Å². The summed E-state index contributed by atoms with van der Waals surface area (Å²) in [6.07, 6.45) is 4.41. The number of fused-ring (bicyclic) bond motifs is 1. The molecule has 0 unspecified atom stereocenters. The van der Waals surface area contributed by atoms with Crippen LogP contribution in [0, 0.1) is 32.1 Å². The number of benzene rings is 1. The molecule has 0 saturated carbocycles. The van der Waals surface area contributed by atoms with Crippen LogP contribution in [-0.4, -0.2) is 16.5 Å². The van der Waals surface area contributed by atoms with E-state index in [2.05, 4.69) is 53.4 Å². The van der Waals surface area contributed by atoms with Crippen molar-refractivity contribution < 1.29 is 0 Å². The maximum atomic E-state index is 9.42. The number of nitriles is 1. The maximum absolute atomic E-state index is 9.42. The van der Waals surface area contributed by atoms with E-state index in [0.717, 1.165) is 40.8 Å². The van der Waals surface area contributed by atoms with Gasteiger partial charge in [0.05, 0.1) is 16.8 Å². The Hall–Kier alpha value is -2.93. The standard InChI is InChI=1S/C20H20N4/c1-13-8-14(2)19-18(9-13)20(17(10-21)12-24-19)22-7-6-16-5-4-15(3)23-11-16/h4-5,8-9,11-12H,6-7H2,1-3H3,(H,22,24). The number of aromatic nitrogens is 2. The molecular weight excluding hydrogens is 296 g/mol. The van der Waals surface area contributed by atoms with Crippen LogP contribution in [0.3, 0.4) is 0 Å². The molecule has 4 nitrogen and oxygen atoms in total. The van der Waals surface area contributed by atoms with Crippen molar-refractivity contribution >= 4 is 16.6 Å². The van der Waals surface area contributed by atoms with Gasteiger partial charge in [-0.1, -0.05) is 17.7 Å². The molecule has 0 radical (unpaired) electrons. The molecule has 1 aromatic carbocycles. The first-order valence-corrected chi connectivity index (χ1v) is 8.04. The molecule has 120 valence electrons. The van der Waals surface area contributed by atoms with Crippen molar-refractivity contribution in [3.63, 3.8) is 0 Å². The molecule has 0 aliphatic rings. The van der Waals surface area contributed by atoms with E-state index in [1.165, 1.54) is 11.1 Å². The fourth-order valence-electron chi connectivity index (χ4n) is 2.91. The highest BCUT2D eigenvalue weighted by atomic mass is 14.9. The minimum Gasteiger partial charge on any atom is -0.383 e. The normalized spacial score (nSPS) is 10.6. The smallest absolute Gasteiger partial charge is 0.103 e. The quantitative estimate of drug-likeness (QED) is 0.788. The molecule has 3 aromatic rings. The molecule has 0 amide bonds.